The van der Waals surface area contributed by atoms with Crippen LogP contribution in [0.5, 0.6) is 0 Å². The van der Waals surface area contributed by atoms with E-state index in [9.17, 15) is 9.59 Å². The molecule has 2 heterocycles. The summed E-state index contributed by atoms with van der Waals surface area (Å²) in [4.78, 5) is 26.0. The third kappa shape index (κ3) is 2.62. The summed E-state index contributed by atoms with van der Waals surface area (Å²) < 4.78 is 5.19. The van der Waals surface area contributed by atoms with E-state index in [1.54, 1.807) is 17.0 Å². The van der Waals surface area contributed by atoms with Gasteiger partial charge < -0.3 is 14.6 Å². The quantitative estimate of drug-likeness (QED) is 0.947. The van der Waals surface area contributed by atoms with Crippen LogP contribution in [-0.4, -0.2) is 18.4 Å². The number of rotatable bonds is 3. The fraction of sp³-hybridized carbons (Fsp3) is 0.294. The van der Waals surface area contributed by atoms with Gasteiger partial charge in [-0.15, -0.1) is 0 Å². The first-order chi connectivity index (χ1) is 10.6. The number of nitrogens with one attached hydrogen (secondary N) is 1. The van der Waals surface area contributed by atoms with Crippen LogP contribution in [0.25, 0.3) is 0 Å². The Morgan fingerprint density at radius 3 is 2.77 bits per heavy atom. The molecule has 2 aromatic rings. The van der Waals surface area contributed by atoms with Crippen molar-refractivity contribution in [2.75, 3.05) is 16.8 Å². The van der Waals surface area contributed by atoms with E-state index in [1.807, 2.05) is 32.0 Å². The number of furan rings is 1. The van der Waals surface area contributed by atoms with Crippen LogP contribution in [0.4, 0.5) is 11.4 Å². The van der Waals surface area contributed by atoms with Gasteiger partial charge in [-0.1, -0.05) is 19.9 Å². The molecule has 1 aliphatic rings. The van der Waals surface area contributed by atoms with Gasteiger partial charge in [0, 0.05) is 23.8 Å². The van der Waals surface area contributed by atoms with Crippen LogP contribution in [0.1, 0.15) is 30.0 Å². The summed E-state index contributed by atoms with van der Waals surface area (Å²) in [6.07, 6.45) is 2.30. The van der Waals surface area contributed by atoms with E-state index in [-0.39, 0.29) is 17.7 Å². The summed E-state index contributed by atoms with van der Waals surface area (Å²) >= 11 is 0. The number of benzene rings is 1. The van der Waals surface area contributed by atoms with Crippen molar-refractivity contribution < 1.29 is 14.0 Å². The largest absolute Gasteiger partial charge is 0.459 e. The Bertz CT molecular complexity index is 705. The highest BCUT2D eigenvalue weighted by molar-refractivity contribution is 6.06. The number of nitrogens with zero attached hydrogens (tertiary/aromatic N) is 1. The molecule has 0 atom stereocenters. The molecule has 2 amide bonds. The summed E-state index contributed by atoms with van der Waals surface area (Å²) in [6, 6.07) is 9.04. The zero-order chi connectivity index (χ0) is 15.7. The highest BCUT2D eigenvalue weighted by Crippen LogP contribution is 2.32. The van der Waals surface area contributed by atoms with E-state index < -0.39 is 0 Å². The van der Waals surface area contributed by atoms with Crippen LogP contribution in [-0.2, 0) is 11.2 Å². The van der Waals surface area contributed by atoms with E-state index in [0.29, 0.717) is 18.0 Å². The lowest BCUT2D eigenvalue weighted by atomic mass is 10.1. The van der Waals surface area contributed by atoms with Gasteiger partial charge in [-0.05, 0) is 36.2 Å². The fourth-order valence-corrected chi connectivity index (χ4v) is 2.49. The van der Waals surface area contributed by atoms with Crippen LogP contribution < -0.4 is 10.2 Å². The summed E-state index contributed by atoms with van der Waals surface area (Å²) in [5.41, 5.74) is 2.64. The van der Waals surface area contributed by atoms with Gasteiger partial charge in [0.05, 0.1) is 6.26 Å². The molecule has 1 aliphatic heterocycles. The van der Waals surface area contributed by atoms with Crippen LogP contribution in [0.2, 0.25) is 0 Å². The SMILES string of the molecule is CC(C)C(=O)Nc1ccc2c(c1)N(C(=O)c1ccco1)CC2. The number of carbonyl (C=O) groups excluding carboxylic acids is 2. The van der Waals surface area contributed by atoms with Gasteiger partial charge in [0.25, 0.3) is 5.91 Å². The minimum Gasteiger partial charge on any atom is -0.459 e. The van der Waals surface area contributed by atoms with Crippen molar-refractivity contribution in [3.8, 4) is 0 Å². The maximum absolute atomic E-state index is 12.5. The van der Waals surface area contributed by atoms with Crippen molar-refractivity contribution in [2.45, 2.75) is 20.3 Å². The molecule has 114 valence electrons. The Morgan fingerprint density at radius 2 is 2.09 bits per heavy atom. The first-order valence-electron chi connectivity index (χ1n) is 7.35. The third-order valence-electron chi connectivity index (χ3n) is 3.75. The van der Waals surface area contributed by atoms with Crippen LogP contribution in [0.15, 0.2) is 41.0 Å². The van der Waals surface area contributed by atoms with Gasteiger partial charge in [0.15, 0.2) is 5.76 Å². The molecule has 3 rings (SSSR count). The topological polar surface area (TPSA) is 62.6 Å². The number of fused-ring (bicyclic) bond motifs is 1. The van der Waals surface area contributed by atoms with Crippen molar-refractivity contribution in [1.82, 2.24) is 0 Å². The van der Waals surface area contributed by atoms with Crippen molar-refractivity contribution in [1.29, 1.82) is 0 Å². The van der Waals surface area contributed by atoms with Crippen molar-refractivity contribution in [3.05, 3.63) is 47.9 Å². The number of anilines is 2. The van der Waals surface area contributed by atoms with Gasteiger partial charge in [-0.3, -0.25) is 9.59 Å². The summed E-state index contributed by atoms with van der Waals surface area (Å²) in [6.45, 7) is 4.31. The van der Waals surface area contributed by atoms with Crippen molar-refractivity contribution in [3.63, 3.8) is 0 Å². The van der Waals surface area contributed by atoms with E-state index in [2.05, 4.69) is 5.32 Å². The summed E-state index contributed by atoms with van der Waals surface area (Å²) in [5, 5.41) is 2.86. The highest BCUT2D eigenvalue weighted by atomic mass is 16.3. The average molecular weight is 298 g/mol. The Labute approximate surface area is 128 Å². The fourth-order valence-electron chi connectivity index (χ4n) is 2.49. The predicted octanol–water partition coefficient (Wildman–Crippen LogP) is 3.08. The number of hydrogen-bond acceptors (Lipinski definition) is 3. The zero-order valence-electron chi connectivity index (χ0n) is 12.6. The van der Waals surface area contributed by atoms with Crippen LogP contribution in [0, 0.1) is 5.92 Å². The molecule has 0 fully saturated rings. The highest BCUT2D eigenvalue weighted by Gasteiger charge is 2.27. The Hall–Kier alpha value is -2.56. The molecular formula is C17H18N2O3. The van der Waals surface area contributed by atoms with Gasteiger partial charge >= 0.3 is 0 Å². The molecule has 5 nitrogen and oxygen atoms in total. The molecule has 1 N–H and O–H groups in total. The molecule has 1 aromatic carbocycles. The monoisotopic (exact) mass is 298 g/mol. The molecule has 0 saturated carbocycles. The molecule has 1 aromatic heterocycles. The standard InChI is InChI=1S/C17H18N2O3/c1-11(2)16(20)18-13-6-5-12-7-8-19(14(12)10-13)17(21)15-4-3-9-22-15/h3-6,9-11H,7-8H2,1-2H3,(H,18,20). The lowest BCUT2D eigenvalue weighted by Gasteiger charge is -2.17. The number of carbonyl (C=O) groups is 2. The Balaban J connectivity index is 1.86. The molecule has 0 unspecified atom stereocenters. The minimum absolute atomic E-state index is 0.0399. The third-order valence-corrected chi connectivity index (χ3v) is 3.75. The molecule has 0 aliphatic carbocycles. The number of amides is 2. The number of hydrogen-bond donors (Lipinski definition) is 1. The first kappa shape index (κ1) is 14.4. The second-order valence-electron chi connectivity index (χ2n) is 5.67. The van der Waals surface area contributed by atoms with Crippen LogP contribution >= 0.6 is 0 Å². The van der Waals surface area contributed by atoms with E-state index >= 15 is 0 Å². The lowest BCUT2D eigenvalue weighted by Crippen LogP contribution is -2.28. The van der Waals surface area contributed by atoms with Crippen LogP contribution in [0.3, 0.4) is 0 Å². The Kier molecular flexibility index (Phi) is 3.71. The van der Waals surface area contributed by atoms with Crippen molar-refractivity contribution in [2.24, 2.45) is 5.92 Å². The Morgan fingerprint density at radius 1 is 1.27 bits per heavy atom. The maximum Gasteiger partial charge on any atom is 0.293 e. The van der Waals surface area contributed by atoms with Gasteiger partial charge in [0.2, 0.25) is 5.91 Å². The molecule has 0 saturated heterocycles. The molecule has 0 spiro atoms. The van der Waals surface area contributed by atoms with Crippen molar-refractivity contribution >= 4 is 23.2 Å². The van der Waals surface area contributed by atoms with Gasteiger partial charge in [0.1, 0.15) is 0 Å². The van der Waals surface area contributed by atoms with E-state index in [4.69, 9.17) is 4.42 Å². The molecule has 5 heteroatoms. The molecular weight excluding hydrogens is 280 g/mol. The van der Waals surface area contributed by atoms with E-state index in [1.165, 1.54) is 6.26 Å². The molecule has 0 bridgehead atoms. The first-order valence-corrected chi connectivity index (χ1v) is 7.35. The molecule has 0 radical (unpaired) electrons. The molecule has 22 heavy (non-hydrogen) atoms. The second-order valence-corrected chi connectivity index (χ2v) is 5.67. The normalized spacial score (nSPS) is 13.3. The maximum atomic E-state index is 12.5. The minimum atomic E-state index is -0.156. The second kappa shape index (κ2) is 5.67. The summed E-state index contributed by atoms with van der Waals surface area (Å²) in [5.74, 6) is 0.0384. The smallest absolute Gasteiger partial charge is 0.293 e. The summed E-state index contributed by atoms with van der Waals surface area (Å²) in [7, 11) is 0. The van der Waals surface area contributed by atoms with Gasteiger partial charge in [-0.2, -0.15) is 0 Å². The van der Waals surface area contributed by atoms with Gasteiger partial charge in [-0.25, -0.2) is 0 Å². The zero-order valence-corrected chi connectivity index (χ0v) is 12.6. The average Bonchev–Trinajstić information content (AvgIpc) is 3.15. The lowest BCUT2D eigenvalue weighted by molar-refractivity contribution is -0.118. The van der Waals surface area contributed by atoms with E-state index in [0.717, 1.165) is 17.7 Å². The predicted molar refractivity (Wildman–Crippen MR) is 84.0 cm³/mol.